The molecule has 0 heteroatoms. The minimum atomic E-state index is 1.33. The largest absolute Gasteiger partial charge is 0.132 e. The van der Waals surface area contributed by atoms with Gasteiger partial charge in [-0.2, -0.15) is 0 Å². The van der Waals surface area contributed by atoms with Gasteiger partial charge >= 0.3 is 0 Å². The van der Waals surface area contributed by atoms with Gasteiger partial charge in [-0.05, 0) is 18.2 Å². The number of rotatable bonds is 1. The highest BCUT2D eigenvalue weighted by Crippen LogP contribution is 2.10. The van der Waals surface area contributed by atoms with Gasteiger partial charge in [0.1, 0.15) is 5.56 Å². The van der Waals surface area contributed by atoms with E-state index in [4.69, 9.17) is 0 Å². The molecule has 0 unspecified atom stereocenters. The summed E-state index contributed by atoms with van der Waals surface area (Å²) in [5.74, 6) is 1.37. The van der Waals surface area contributed by atoms with Crippen LogP contribution in [0.3, 0.4) is 0 Å². The van der Waals surface area contributed by atoms with Crippen molar-refractivity contribution in [3.05, 3.63) is 41.8 Å². The molecule has 9 heavy (non-hydrogen) atoms. The minimum absolute atomic E-state index is 1.33. The van der Waals surface area contributed by atoms with E-state index in [2.05, 4.69) is 38.1 Å². The van der Waals surface area contributed by atoms with Crippen LogP contribution in [-0.2, 0) is 0 Å². The van der Waals surface area contributed by atoms with Gasteiger partial charge in [0.05, 0.1) is 0 Å². The van der Waals surface area contributed by atoms with Crippen molar-refractivity contribution < 1.29 is 0 Å². The van der Waals surface area contributed by atoms with Gasteiger partial charge < -0.3 is 0 Å². The maximum atomic E-state index is 2.12. The molecule has 0 aliphatic heterocycles. The second kappa shape index (κ2) is 2.58. The summed E-state index contributed by atoms with van der Waals surface area (Å²) < 4.78 is 0. The van der Waals surface area contributed by atoms with Crippen LogP contribution in [0.15, 0.2) is 30.3 Å². The lowest BCUT2D eigenvalue weighted by molar-refractivity contribution is 1.15. The van der Waals surface area contributed by atoms with Crippen molar-refractivity contribution in [2.24, 2.45) is 0 Å². The van der Waals surface area contributed by atoms with Gasteiger partial charge in [-0.3, -0.25) is 0 Å². The highest BCUT2D eigenvalue weighted by molar-refractivity contribution is 5.27. The Morgan fingerprint density at radius 2 is 1.56 bits per heavy atom. The molecule has 0 saturated heterocycles. The first-order valence-corrected chi connectivity index (χ1v) is 3.16. The van der Waals surface area contributed by atoms with Gasteiger partial charge in [-0.25, -0.2) is 0 Å². The lowest BCUT2D eigenvalue weighted by Gasteiger charge is -1.92. The van der Waals surface area contributed by atoms with Crippen LogP contribution in [0.2, 0.25) is 0 Å². The van der Waals surface area contributed by atoms with E-state index in [9.17, 15) is 0 Å². The summed E-state index contributed by atoms with van der Waals surface area (Å²) in [6.07, 6.45) is 0. The van der Waals surface area contributed by atoms with Gasteiger partial charge in [-0.1, -0.05) is 0 Å². The van der Waals surface area contributed by atoms with E-state index in [-0.39, 0.29) is 0 Å². The zero-order valence-electron chi connectivity index (χ0n) is 5.89. The van der Waals surface area contributed by atoms with Crippen LogP contribution in [0.25, 0.3) is 0 Å². The Morgan fingerprint density at radius 1 is 1.00 bits per heavy atom. The van der Waals surface area contributed by atoms with E-state index in [0.717, 1.165) is 0 Å². The van der Waals surface area contributed by atoms with Gasteiger partial charge in [0.15, 0.2) is 0 Å². The van der Waals surface area contributed by atoms with Crippen LogP contribution < -0.4 is 0 Å². The van der Waals surface area contributed by atoms with E-state index < -0.39 is 0 Å². The number of benzene rings is 1. The summed E-state index contributed by atoms with van der Waals surface area (Å²) in [7, 11) is 0. The molecule has 0 aliphatic rings. The molecule has 0 fully saturated rings. The summed E-state index contributed by atoms with van der Waals surface area (Å²) >= 11 is 0. The molecule has 1 aromatic carbocycles. The summed E-state index contributed by atoms with van der Waals surface area (Å²) in [5.41, 5.74) is 1.33. The predicted octanol–water partition coefficient (Wildman–Crippen LogP) is 2.65. The average Bonchev–Trinajstić information content (AvgIpc) is 1.90. The Bertz CT molecular complexity index is 163. The van der Waals surface area contributed by atoms with Gasteiger partial charge in [0.2, 0.25) is 0 Å². The molecule has 0 spiro atoms. The zero-order valence-corrected chi connectivity index (χ0v) is 5.89. The maximum absolute atomic E-state index is 2.12. The Hall–Kier alpha value is -0.910. The standard InChI is InChI=1S/C9H11/c1-8(2)9-6-4-3-5-7-9/h3-7H,1-2H3/q+1/i8+1. The molecule has 0 aliphatic carbocycles. The van der Waals surface area contributed by atoms with E-state index >= 15 is 0 Å². The zero-order chi connectivity index (χ0) is 6.69. The van der Waals surface area contributed by atoms with Crippen molar-refractivity contribution in [2.75, 3.05) is 0 Å². The maximum Gasteiger partial charge on any atom is 0.132 e. The molecule has 0 saturated carbocycles. The molecule has 0 nitrogen and oxygen atoms in total. The third-order valence-corrected chi connectivity index (χ3v) is 1.35. The van der Waals surface area contributed by atoms with Crippen molar-refractivity contribution >= 4 is 0 Å². The fourth-order valence-electron chi connectivity index (χ4n) is 0.771. The molecule has 0 heterocycles. The average molecular weight is 120 g/mol. The van der Waals surface area contributed by atoms with Gasteiger partial charge in [0.25, 0.3) is 0 Å². The van der Waals surface area contributed by atoms with Gasteiger partial charge in [-0.15, -0.1) is 0 Å². The second-order valence-electron chi connectivity index (χ2n) is 2.37. The SMILES string of the molecule is C[13C+](C)c1ccccc1. The van der Waals surface area contributed by atoms with Crippen LogP contribution in [0.4, 0.5) is 0 Å². The molecular formula is C9H11+. The first-order valence-electron chi connectivity index (χ1n) is 3.16. The highest BCUT2D eigenvalue weighted by Gasteiger charge is 2.03. The van der Waals surface area contributed by atoms with Crippen LogP contribution in [0.1, 0.15) is 19.4 Å². The molecule has 0 amide bonds. The van der Waals surface area contributed by atoms with Crippen LogP contribution in [0, 0.1) is 5.92 Å². The second-order valence-corrected chi connectivity index (χ2v) is 2.37. The van der Waals surface area contributed by atoms with Crippen molar-refractivity contribution in [1.29, 1.82) is 0 Å². The topological polar surface area (TPSA) is 0 Å². The summed E-state index contributed by atoms with van der Waals surface area (Å²) in [5, 5.41) is 0. The lowest BCUT2D eigenvalue weighted by Crippen LogP contribution is -1.84. The molecule has 0 atom stereocenters. The molecular weight excluding hydrogens is 109 g/mol. The fourth-order valence-corrected chi connectivity index (χ4v) is 0.771. The van der Waals surface area contributed by atoms with Crippen molar-refractivity contribution in [3.8, 4) is 0 Å². The number of hydrogen-bond donors (Lipinski definition) is 0. The van der Waals surface area contributed by atoms with Gasteiger partial charge in [0, 0.05) is 31.9 Å². The molecule has 1 aromatic rings. The summed E-state index contributed by atoms with van der Waals surface area (Å²) in [4.78, 5) is 0. The summed E-state index contributed by atoms with van der Waals surface area (Å²) in [6.45, 7) is 4.24. The monoisotopic (exact) mass is 120 g/mol. The Morgan fingerprint density at radius 3 is 1.89 bits per heavy atom. The smallest absolute Gasteiger partial charge is 0.0356 e. The highest BCUT2D eigenvalue weighted by atomic mass is 14.4. The lowest BCUT2D eigenvalue weighted by atomic mass is 10.2. The summed E-state index contributed by atoms with van der Waals surface area (Å²) in [6, 6.07) is 10.4. The normalized spacial score (nSPS) is 9.11. The van der Waals surface area contributed by atoms with Crippen molar-refractivity contribution in [3.63, 3.8) is 0 Å². The van der Waals surface area contributed by atoms with E-state index in [0.29, 0.717) is 0 Å². The predicted molar refractivity (Wildman–Crippen MR) is 40.1 cm³/mol. The molecule has 0 aromatic heterocycles. The molecule has 0 bridgehead atoms. The van der Waals surface area contributed by atoms with Crippen LogP contribution >= 0.6 is 0 Å². The molecule has 0 radical (unpaired) electrons. The Labute approximate surface area is 56.5 Å². The van der Waals surface area contributed by atoms with Crippen molar-refractivity contribution in [2.45, 2.75) is 13.8 Å². The van der Waals surface area contributed by atoms with E-state index in [1.165, 1.54) is 11.5 Å². The quantitative estimate of drug-likeness (QED) is 0.395. The molecule has 0 N–H and O–H groups in total. The first kappa shape index (κ1) is 6.21. The van der Waals surface area contributed by atoms with Crippen LogP contribution in [0.5, 0.6) is 0 Å². The van der Waals surface area contributed by atoms with E-state index in [1.807, 2.05) is 6.07 Å². The molecule has 46 valence electrons. The fraction of sp³-hybridized carbons (Fsp3) is 0.222. The molecule has 1 rings (SSSR count). The minimum Gasteiger partial charge on any atom is -0.0356 e. The third-order valence-electron chi connectivity index (χ3n) is 1.35. The van der Waals surface area contributed by atoms with E-state index in [1.54, 1.807) is 0 Å². The third kappa shape index (κ3) is 1.49. The van der Waals surface area contributed by atoms with Crippen molar-refractivity contribution in [1.82, 2.24) is 0 Å². The van der Waals surface area contributed by atoms with Crippen LogP contribution in [-0.4, -0.2) is 0 Å². The number of hydrogen-bond acceptors (Lipinski definition) is 0. The Balaban J connectivity index is 2.85. The Kier molecular flexibility index (Phi) is 1.78. The first-order chi connectivity index (χ1) is 4.30.